The first-order valence-electron chi connectivity index (χ1n) is 6.95. The summed E-state index contributed by atoms with van der Waals surface area (Å²) in [4.78, 5) is 2.07. The van der Waals surface area contributed by atoms with Gasteiger partial charge in [-0.2, -0.15) is 0 Å². The van der Waals surface area contributed by atoms with Crippen LogP contribution in [0, 0.1) is 0 Å². The monoisotopic (exact) mass is 344 g/mol. The molecule has 0 spiro atoms. The molecule has 1 aromatic carbocycles. The summed E-state index contributed by atoms with van der Waals surface area (Å²) in [6.07, 6.45) is 0.635. The number of methoxy groups -OCH3 is 1. The van der Waals surface area contributed by atoms with Gasteiger partial charge in [-0.05, 0) is 36.7 Å². The minimum atomic E-state index is -0.481. The Morgan fingerprint density at radius 2 is 2.20 bits per heavy atom. The average molecular weight is 345 g/mol. The molecular weight excluding hydrogens is 320 g/mol. The van der Waals surface area contributed by atoms with E-state index in [1.54, 1.807) is 7.11 Å². The van der Waals surface area contributed by atoms with Crippen LogP contribution in [0.1, 0.15) is 18.9 Å². The van der Waals surface area contributed by atoms with Gasteiger partial charge in [0.15, 0.2) is 0 Å². The quantitative estimate of drug-likeness (QED) is 0.675. The van der Waals surface area contributed by atoms with Crippen LogP contribution in [0.5, 0.6) is 0 Å². The molecule has 0 heterocycles. The van der Waals surface area contributed by atoms with E-state index >= 15 is 0 Å². The normalized spacial score (nSPS) is 12.4. The summed E-state index contributed by atoms with van der Waals surface area (Å²) in [5.41, 5.74) is 2.35. The highest BCUT2D eigenvalue weighted by Gasteiger charge is 2.12. The zero-order valence-electron chi connectivity index (χ0n) is 12.5. The number of nitrogens with zero attached hydrogens (tertiary/aromatic N) is 1. The number of hydrogen-bond donors (Lipinski definition) is 2. The van der Waals surface area contributed by atoms with Gasteiger partial charge in [-0.1, -0.05) is 22.9 Å². The lowest BCUT2D eigenvalue weighted by Crippen LogP contribution is -2.32. The summed E-state index contributed by atoms with van der Waals surface area (Å²) in [5.74, 6) is 0. The fourth-order valence-corrected chi connectivity index (χ4v) is 2.54. The summed E-state index contributed by atoms with van der Waals surface area (Å²) >= 11 is 3.51. The van der Waals surface area contributed by atoms with Crippen LogP contribution in [0.15, 0.2) is 22.7 Å². The third-order valence-electron chi connectivity index (χ3n) is 3.04. The van der Waals surface area contributed by atoms with Crippen molar-refractivity contribution in [2.45, 2.75) is 26.0 Å². The lowest BCUT2D eigenvalue weighted by Gasteiger charge is -2.25. The topological polar surface area (TPSA) is 44.7 Å². The number of benzene rings is 1. The Hall–Kier alpha value is -0.620. The molecule has 5 heteroatoms. The second-order valence-corrected chi connectivity index (χ2v) is 5.86. The maximum atomic E-state index is 9.85. The van der Waals surface area contributed by atoms with Gasteiger partial charge < -0.3 is 20.1 Å². The Morgan fingerprint density at radius 1 is 1.45 bits per heavy atom. The van der Waals surface area contributed by atoms with E-state index in [4.69, 9.17) is 4.74 Å². The molecule has 0 saturated heterocycles. The van der Waals surface area contributed by atoms with Crippen molar-refractivity contribution in [3.05, 3.63) is 28.2 Å². The predicted molar refractivity (Wildman–Crippen MR) is 87.3 cm³/mol. The number of likely N-dealkylation sites (N-methyl/N-ethyl adjacent to an activating group) is 1. The van der Waals surface area contributed by atoms with Crippen LogP contribution in [0.25, 0.3) is 0 Å². The van der Waals surface area contributed by atoms with Gasteiger partial charge in [0.25, 0.3) is 0 Å². The van der Waals surface area contributed by atoms with Crippen molar-refractivity contribution in [2.75, 3.05) is 38.8 Å². The fraction of sp³-hybridized carbons (Fsp3) is 0.600. The number of aliphatic hydroxyl groups is 1. The Bertz CT molecular complexity index is 401. The molecule has 0 amide bonds. The first-order chi connectivity index (χ1) is 9.58. The maximum absolute atomic E-state index is 9.85. The number of hydrogen-bond acceptors (Lipinski definition) is 4. The number of halogens is 1. The molecule has 1 unspecified atom stereocenters. The fourth-order valence-electron chi connectivity index (χ4n) is 2.13. The van der Waals surface area contributed by atoms with Gasteiger partial charge in [0.05, 0.1) is 12.7 Å². The third-order valence-corrected chi connectivity index (χ3v) is 3.53. The Labute approximate surface area is 130 Å². The number of rotatable bonds is 9. The van der Waals surface area contributed by atoms with Crippen molar-refractivity contribution in [3.63, 3.8) is 0 Å². The maximum Gasteiger partial charge on any atom is 0.0947 e. The number of nitrogens with one attached hydrogen (secondary N) is 1. The minimum Gasteiger partial charge on any atom is -0.389 e. The highest BCUT2D eigenvalue weighted by molar-refractivity contribution is 9.10. The summed E-state index contributed by atoms with van der Waals surface area (Å²) in [6, 6.07) is 6.22. The van der Waals surface area contributed by atoms with E-state index in [1.807, 2.05) is 13.1 Å². The average Bonchev–Trinajstić information content (AvgIpc) is 2.39. The van der Waals surface area contributed by atoms with Crippen molar-refractivity contribution in [3.8, 4) is 0 Å². The van der Waals surface area contributed by atoms with Crippen LogP contribution >= 0.6 is 15.9 Å². The van der Waals surface area contributed by atoms with E-state index in [9.17, 15) is 5.11 Å². The zero-order chi connectivity index (χ0) is 15.0. The number of anilines is 1. The molecule has 1 atom stereocenters. The van der Waals surface area contributed by atoms with Gasteiger partial charge in [0.1, 0.15) is 0 Å². The first kappa shape index (κ1) is 17.4. The minimum absolute atomic E-state index is 0.351. The molecule has 0 aliphatic heterocycles. The van der Waals surface area contributed by atoms with E-state index in [0.717, 1.165) is 29.7 Å². The van der Waals surface area contributed by atoms with Crippen molar-refractivity contribution in [2.24, 2.45) is 0 Å². The van der Waals surface area contributed by atoms with E-state index in [2.05, 4.69) is 45.2 Å². The Morgan fingerprint density at radius 3 is 2.85 bits per heavy atom. The van der Waals surface area contributed by atoms with E-state index < -0.39 is 6.10 Å². The lowest BCUT2D eigenvalue weighted by atomic mass is 10.1. The van der Waals surface area contributed by atoms with Gasteiger partial charge in [-0.25, -0.2) is 0 Å². The second-order valence-electron chi connectivity index (χ2n) is 4.94. The standard InChI is InChI=1S/C15H25BrN2O2/c1-4-7-17-9-12-8-13(16)5-6-15(12)18(2)10-14(19)11-20-3/h5-6,8,14,17,19H,4,7,9-11H2,1-3H3. The van der Waals surface area contributed by atoms with Crippen LogP contribution in [0.3, 0.4) is 0 Å². The van der Waals surface area contributed by atoms with Crippen molar-refractivity contribution < 1.29 is 9.84 Å². The molecule has 20 heavy (non-hydrogen) atoms. The van der Waals surface area contributed by atoms with Crippen molar-refractivity contribution in [1.82, 2.24) is 5.32 Å². The van der Waals surface area contributed by atoms with E-state index in [-0.39, 0.29) is 0 Å². The molecule has 4 nitrogen and oxygen atoms in total. The van der Waals surface area contributed by atoms with E-state index in [0.29, 0.717) is 13.2 Å². The molecular formula is C15H25BrN2O2. The SMILES string of the molecule is CCCNCc1cc(Br)ccc1N(C)CC(O)COC. The molecule has 0 bridgehead atoms. The van der Waals surface area contributed by atoms with Crippen LogP contribution < -0.4 is 10.2 Å². The molecule has 0 radical (unpaired) electrons. The molecule has 0 saturated carbocycles. The van der Waals surface area contributed by atoms with Gasteiger partial charge in [0.2, 0.25) is 0 Å². The third kappa shape index (κ3) is 5.79. The first-order valence-corrected chi connectivity index (χ1v) is 7.75. The Balaban J connectivity index is 2.75. The summed E-state index contributed by atoms with van der Waals surface area (Å²) in [5, 5.41) is 13.3. The van der Waals surface area contributed by atoms with Gasteiger partial charge in [-0.15, -0.1) is 0 Å². The largest absolute Gasteiger partial charge is 0.389 e. The molecule has 0 aromatic heterocycles. The van der Waals surface area contributed by atoms with Crippen LogP contribution in [0.4, 0.5) is 5.69 Å². The smallest absolute Gasteiger partial charge is 0.0947 e. The van der Waals surface area contributed by atoms with Gasteiger partial charge in [0, 0.05) is 37.4 Å². The summed E-state index contributed by atoms with van der Waals surface area (Å²) in [6.45, 7) is 4.89. The second kappa shape index (κ2) is 9.34. The van der Waals surface area contributed by atoms with Gasteiger partial charge >= 0.3 is 0 Å². The number of ether oxygens (including phenoxy) is 1. The lowest BCUT2D eigenvalue weighted by molar-refractivity contribution is 0.0695. The number of aliphatic hydroxyl groups excluding tert-OH is 1. The molecule has 2 N–H and O–H groups in total. The van der Waals surface area contributed by atoms with Crippen molar-refractivity contribution in [1.29, 1.82) is 0 Å². The molecule has 1 rings (SSSR count). The van der Waals surface area contributed by atoms with Gasteiger partial charge in [-0.3, -0.25) is 0 Å². The molecule has 0 fully saturated rings. The highest BCUT2D eigenvalue weighted by Crippen LogP contribution is 2.24. The highest BCUT2D eigenvalue weighted by atomic mass is 79.9. The molecule has 0 aliphatic carbocycles. The van der Waals surface area contributed by atoms with Crippen molar-refractivity contribution >= 4 is 21.6 Å². The van der Waals surface area contributed by atoms with Crippen LogP contribution in [0.2, 0.25) is 0 Å². The predicted octanol–water partition coefficient (Wildman–Crippen LogP) is 2.39. The molecule has 114 valence electrons. The van der Waals surface area contributed by atoms with E-state index in [1.165, 1.54) is 5.56 Å². The summed E-state index contributed by atoms with van der Waals surface area (Å²) in [7, 11) is 3.59. The Kier molecular flexibility index (Phi) is 8.14. The molecule has 0 aliphatic rings. The van der Waals surface area contributed by atoms with Crippen LogP contribution in [-0.2, 0) is 11.3 Å². The zero-order valence-corrected chi connectivity index (χ0v) is 14.1. The molecule has 1 aromatic rings. The summed E-state index contributed by atoms with van der Waals surface area (Å²) < 4.78 is 6.04. The van der Waals surface area contributed by atoms with Crippen LogP contribution in [-0.4, -0.2) is 45.1 Å².